The van der Waals surface area contributed by atoms with Crippen molar-refractivity contribution < 1.29 is 23.4 Å². The Bertz CT molecular complexity index is 635. The van der Waals surface area contributed by atoms with Gasteiger partial charge < -0.3 is 18.6 Å². The number of unbranched alkanes of at least 4 members (excludes halogenated alkanes) is 1. The molecule has 6 heteroatoms. The average Bonchev–Trinajstić information content (AvgIpc) is 3.26. The van der Waals surface area contributed by atoms with Crippen LogP contribution in [0.15, 0.2) is 11.6 Å². The molecule has 1 aliphatic heterocycles. The van der Waals surface area contributed by atoms with Gasteiger partial charge in [0.2, 0.25) is 0 Å². The van der Waals surface area contributed by atoms with E-state index in [2.05, 4.69) is 39.9 Å². The van der Waals surface area contributed by atoms with E-state index in [0.29, 0.717) is 24.2 Å². The van der Waals surface area contributed by atoms with E-state index >= 15 is 0 Å². The van der Waals surface area contributed by atoms with Crippen LogP contribution in [-0.4, -0.2) is 47.2 Å². The number of allylic oxidation sites excluding steroid dienone is 2. The zero-order valence-electron chi connectivity index (χ0n) is 21.2. The standard InChI is InChI=1S/C26H46O5Si/c1-26(2,3)25(31-32(5)6)24-20-16-18(11-7-8-12-22(27)28-4)15-19(20)17-21(24)30-23-13-9-10-14-29-23/h15,19-21,23-25,32H,7-14,16-17H2,1-6H3/t19-,20-,21+,23?,24-,25?/m0/s1. The van der Waals surface area contributed by atoms with Crippen molar-refractivity contribution in [3.63, 3.8) is 0 Å². The molecule has 184 valence electrons. The predicted molar refractivity (Wildman–Crippen MR) is 130 cm³/mol. The van der Waals surface area contributed by atoms with E-state index < -0.39 is 9.04 Å². The van der Waals surface area contributed by atoms with E-state index in [4.69, 9.17) is 18.6 Å². The van der Waals surface area contributed by atoms with Gasteiger partial charge in [-0.25, -0.2) is 0 Å². The highest BCUT2D eigenvalue weighted by Gasteiger charge is 2.52. The molecule has 0 amide bonds. The number of hydrogen-bond donors (Lipinski definition) is 0. The molecule has 2 unspecified atom stereocenters. The van der Waals surface area contributed by atoms with Gasteiger partial charge in [-0.1, -0.05) is 32.4 Å². The third-order valence-electron chi connectivity index (χ3n) is 7.37. The van der Waals surface area contributed by atoms with Crippen molar-refractivity contribution in [3.8, 4) is 0 Å². The Morgan fingerprint density at radius 2 is 2.03 bits per heavy atom. The fourth-order valence-electron chi connectivity index (χ4n) is 5.97. The molecule has 5 nitrogen and oxygen atoms in total. The van der Waals surface area contributed by atoms with Crippen LogP contribution in [0.4, 0.5) is 0 Å². The molecule has 1 saturated carbocycles. The third-order valence-corrected chi connectivity index (χ3v) is 8.21. The number of carbonyl (C=O) groups is 1. The maximum absolute atomic E-state index is 11.4. The zero-order valence-corrected chi connectivity index (χ0v) is 22.4. The summed E-state index contributed by atoms with van der Waals surface area (Å²) in [6.07, 6.45) is 12.1. The monoisotopic (exact) mass is 466 g/mol. The van der Waals surface area contributed by atoms with Crippen molar-refractivity contribution in [3.05, 3.63) is 11.6 Å². The largest absolute Gasteiger partial charge is 0.469 e. The molecule has 2 fully saturated rings. The van der Waals surface area contributed by atoms with Crippen LogP contribution in [0, 0.1) is 23.2 Å². The van der Waals surface area contributed by atoms with Crippen LogP contribution in [0.2, 0.25) is 13.1 Å². The Hall–Kier alpha value is -0.693. The van der Waals surface area contributed by atoms with Crippen LogP contribution in [0.5, 0.6) is 0 Å². The Morgan fingerprint density at radius 1 is 1.25 bits per heavy atom. The predicted octanol–water partition coefficient (Wildman–Crippen LogP) is 5.63. The van der Waals surface area contributed by atoms with Gasteiger partial charge in [0.25, 0.3) is 0 Å². The fourth-order valence-corrected chi connectivity index (χ4v) is 7.14. The Morgan fingerprint density at radius 3 is 2.66 bits per heavy atom. The molecule has 1 heterocycles. The minimum atomic E-state index is -1.19. The van der Waals surface area contributed by atoms with E-state index in [1.54, 1.807) is 5.57 Å². The molecule has 3 aliphatic rings. The van der Waals surface area contributed by atoms with Crippen LogP contribution in [0.3, 0.4) is 0 Å². The summed E-state index contributed by atoms with van der Waals surface area (Å²) in [6.45, 7) is 12.4. The maximum Gasteiger partial charge on any atom is 0.305 e. The third kappa shape index (κ3) is 6.91. The maximum atomic E-state index is 11.4. The van der Waals surface area contributed by atoms with Crippen molar-refractivity contribution in [1.29, 1.82) is 0 Å². The van der Waals surface area contributed by atoms with Crippen LogP contribution in [-0.2, 0) is 23.4 Å². The second-order valence-electron chi connectivity index (χ2n) is 11.4. The minimum absolute atomic E-state index is 0.0474. The van der Waals surface area contributed by atoms with E-state index in [-0.39, 0.29) is 29.9 Å². The molecule has 32 heavy (non-hydrogen) atoms. The fraction of sp³-hybridized carbons (Fsp3) is 0.885. The summed E-state index contributed by atoms with van der Waals surface area (Å²) < 4.78 is 24.1. The number of esters is 1. The molecular weight excluding hydrogens is 420 g/mol. The summed E-state index contributed by atoms with van der Waals surface area (Å²) in [4.78, 5) is 11.4. The first-order valence-electron chi connectivity index (χ1n) is 12.9. The summed E-state index contributed by atoms with van der Waals surface area (Å²) in [5, 5.41) is 0. The van der Waals surface area contributed by atoms with E-state index in [1.165, 1.54) is 13.5 Å². The molecular formula is C26H46O5Si. The molecule has 0 spiro atoms. The topological polar surface area (TPSA) is 54.0 Å². The van der Waals surface area contributed by atoms with Crippen molar-refractivity contribution in [2.75, 3.05) is 13.7 Å². The molecule has 0 radical (unpaired) electrons. The van der Waals surface area contributed by atoms with Crippen molar-refractivity contribution in [2.45, 2.75) is 110 Å². The van der Waals surface area contributed by atoms with Crippen molar-refractivity contribution >= 4 is 15.0 Å². The SMILES string of the molecule is COC(=O)CCCCC1=C[C@H]2C[C@@H](OC3CCCCO3)[C@@H](C(O[SiH](C)C)C(C)(C)C)[C@H]2C1. The Balaban J connectivity index is 1.69. The van der Waals surface area contributed by atoms with Gasteiger partial charge in [0.05, 0.1) is 19.3 Å². The molecule has 0 aromatic carbocycles. The lowest BCUT2D eigenvalue weighted by Gasteiger charge is -2.42. The number of carbonyl (C=O) groups excluding carboxylic acids is 1. The van der Waals surface area contributed by atoms with Gasteiger partial charge in [-0.3, -0.25) is 4.79 Å². The second-order valence-corrected chi connectivity index (χ2v) is 13.8. The Labute approximate surface area is 197 Å². The molecule has 0 N–H and O–H groups in total. The van der Waals surface area contributed by atoms with Gasteiger partial charge in [-0.05, 0) is 81.7 Å². The molecule has 0 aromatic rings. The highest BCUT2D eigenvalue weighted by atomic mass is 28.3. The molecule has 0 aromatic heterocycles. The number of methoxy groups -OCH3 is 1. The number of rotatable bonds is 10. The van der Waals surface area contributed by atoms with Gasteiger partial charge in [0.1, 0.15) is 0 Å². The highest BCUT2D eigenvalue weighted by molar-refractivity contribution is 6.48. The lowest BCUT2D eigenvalue weighted by atomic mass is 9.74. The molecule has 6 atom stereocenters. The summed E-state index contributed by atoms with van der Waals surface area (Å²) in [6, 6.07) is 0. The summed E-state index contributed by atoms with van der Waals surface area (Å²) in [5.41, 5.74) is 1.64. The molecule has 2 aliphatic carbocycles. The first-order chi connectivity index (χ1) is 15.2. The highest BCUT2D eigenvalue weighted by Crippen LogP contribution is 2.53. The summed E-state index contributed by atoms with van der Waals surface area (Å²) >= 11 is 0. The number of fused-ring (bicyclic) bond motifs is 1. The van der Waals surface area contributed by atoms with Crippen LogP contribution in [0.25, 0.3) is 0 Å². The minimum Gasteiger partial charge on any atom is -0.469 e. The van der Waals surface area contributed by atoms with Gasteiger partial charge in [-0.15, -0.1) is 0 Å². The van der Waals surface area contributed by atoms with Crippen LogP contribution >= 0.6 is 0 Å². The molecule has 0 bridgehead atoms. The zero-order chi connectivity index (χ0) is 23.3. The van der Waals surface area contributed by atoms with Gasteiger partial charge >= 0.3 is 5.97 Å². The van der Waals surface area contributed by atoms with Gasteiger partial charge in [-0.2, -0.15) is 0 Å². The van der Waals surface area contributed by atoms with Crippen LogP contribution in [0.1, 0.15) is 78.6 Å². The number of hydrogen-bond acceptors (Lipinski definition) is 5. The van der Waals surface area contributed by atoms with E-state index in [1.807, 2.05) is 0 Å². The van der Waals surface area contributed by atoms with Crippen LogP contribution < -0.4 is 0 Å². The number of ether oxygens (including phenoxy) is 3. The lowest BCUT2D eigenvalue weighted by molar-refractivity contribution is -0.205. The van der Waals surface area contributed by atoms with Crippen molar-refractivity contribution in [2.24, 2.45) is 23.2 Å². The van der Waals surface area contributed by atoms with E-state index in [0.717, 1.165) is 51.6 Å². The summed E-state index contributed by atoms with van der Waals surface area (Å²) in [5.74, 6) is 1.47. The first-order valence-corrected chi connectivity index (χ1v) is 15.7. The molecule has 3 rings (SSSR count). The normalized spacial score (nSPS) is 31.5. The lowest BCUT2D eigenvalue weighted by Crippen LogP contribution is -2.46. The van der Waals surface area contributed by atoms with E-state index in [9.17, 15) is 4.79 Å². The Kier molecular flexibility index (Phi) is 9.42. The van der Waals surface area contributed by atoms with Crippen molar-refractivity contribution in [1.82, 2.24) is 0 Å². The van der Waals surface area contributed by atoms with Gasteiger partial charge in [0.15, 0.2) is 15.3 Å². The smallest absolute Gasteiger partial charge is 0.305 e. The average molecular weight is 467 g/mol. The summed E-state index contributed by atoms with van der Waals surface area (Å²) in [7, 11) is 0.272. The second kappa shape index (κ2) is 11.6. The quantitative estimate of drug-likeness (QED) is 0.181. The molecule has 1 saturated heterocycles. The van der Waals surface area contributed by atoms with Gasteiger partial charge in [0, 0.05) is 18.9 Å². The first kappa shape index (κ1) is 25.9.